The van der Waals surface area contributed by atoms with Crippen LogP contribution in [0.25, 0.3) is 0 Å². The van der Waals surface area contributed by atoms with Crippen molar-refractivity contribution in [1.82, 2.24) is 0 Å². The van der Waals surface area contributed by atoms with Crippen molar-refractivity contribution in [2.75, 3.05) is 6.54 Å². The van der Waals surface area contributed by atoms with Crippen molar-refractivity contribution in [3.8, 4) is 0 Å². The van der Waals surface area contributed by atoms with Crippen LogP contribution in [-0.4, -0.2) is 20.2 Å². The molecule has 0 aromatic heterocycles. The Kier molecular flexibility index (Phi) is 4.40. The Balaban J connectivity index is 2.14. The van der Waals surface area contributed by atoms with E-state index in [0.717, 1.165) is 31.2 Å². The number of hydrogen-bond donors (Lipinski definition) is 1. The third-order valence-electron chi connectivity index (χ3n) is 3.81. The second-order valence-corrected chi connectivity index (χ2v) is 7.33. The van der Waals surface area contributed by atoms with Gasteiger partial charge in [0, 0.05) is 0 Å². The van der Waals surface area contributed by atoms with Crippen molar-refractivity contribution in [1.29, 1.82) is 0 Å². The quantitative estimate of drug-likeness (QED) is 0.909. The van der Waals surface area contributed by atoms with Gasteiger partial charge in [-0.2, -0.15) is 0 Å². The molecule has 18 heavy (non-hydrogen) atoms. The van der Waals surface area contributed by atoms with Crippen LogP contribution in [0.5, 0.6) is 0 Å². The fourth-order valence-corrected chi connectivity index (χ4v) is 5.06. The molecule has 100 valence electrons. The van der Waals surface area contributed by atoms with Crippen LogP contribution in [0.2, 0.25) is 0 Å². The lowest BCUT2D eigenvalue weighted by Crippen LogP contribution is -2.37. The highest BCUT2D eigenvalue weighted by molar-refractivity contribution is 7.91. The third-order valence-corrected chi connectivity index (χ3v) is 6.09. The van der Waals surface area contributed by atoms with Gasteiger partial charge in [-0.15, -0.1) is 0 Å². The van der Waals surface area contributed by atoms with Crippen LogP contribution in [0.3, 0.4) is 0 Å². The topological polar surface area (TPSA) is 60.2 Å². The van der Waals surface area contributed by atoms with Gasteiger partial charge in [0.15, 0.2) is 9.84 Å². The summed E-state index contributed by atoms with van der Waals surface area (Å²) in [4.78, 5) is 0. The standard InChI is InChI=1S/C14H21NO2S/c15-10-13-8-4-5-9-14(13)18(16,17)11-12-6-2-1-3-7-12/h1-3,6-7,13-14H,4-5,8-11,15H2. The molecule has 0 aliphatic heterocycles. The highest BCUT2D eigenvalue weighted by atomic mass is 32.2. The van der Waals surface area contributed by atoms with Gasteiger partial charge in [-0.3, -0.25) is 0 Å². The van der Waals surface area contributed by atoms with E-state index in [1.54, 1.807) is 0 Å². The molecular formula is C14H21NO2S. The van der Waals surface area contributed by atoms with E-state index in [0.29, 0.717) is 6.54 Å². The van der Waals surface area contributed by atoms with Crippen LogP contribution in [0.15, 0.2) is 30.3 Å². The van der Waals surface area contributed by atoms with E-state index in [2.05, 4.69) is 0 Å². The van der Waals surface area contributed by atoms with E-state index in [1.807, 2.05) is 30.3 Å². The molecule has 2 N–H and O–H groups in total. The van der Waals surface area contributed by atoms with Crippen LogP contribution in [0.1, 0.15) is 31.2 Å². The first-order valence-electron chi connectivity index (χ1n) is 6.59. The van der Waals surface area contributed by atoms with Crippen molar-refractivity contribution in [2.24, 2.45) is 11.7 Å². The van der Waals surface area contributed by atoms with Crippen LogP contribution in [0, 0.1) is 5.92 Å². The molecule has 1 aromatic carbocycles. The molecule has 2 rings (SSSR count). The lowest BCUT2D eigenvalue weighted by molar-refractivity contribution is 0.363. The van der Waals surface area contributed by atoms with E-state index >= 15 is 0 Å². The van der Waals surface area contributed by atoms with Gasteiger partial charge in [-0.05, 0) is 30.9 Å². The summed E-state index contributed by atoms with van der Waals surface area (Å²) < 4.78 is 24.9. The second kappa shape index (κ2) is 5.85. The lowest BCUT2D eigenvalue weighted by Gasteiger charge is -2.30. The summed E-state index contributed by atoms with van der Waals surface area (Å²) >= 11 is 0. The van der Waals surface area contributed by atoms with Crippen LogP contribution < -0.4 is 5.73 Å². The Morgan fingerprint density at radius 1 is 1.11 bits per heavy atom. The summed E-state index contributed by atoms with van der Waals surface area (Å²) in [6.45, 7) is 0.485. The van der Waals surface area contributed by atoms with Gasteiger partial charge in [0.2, 0.25) is 0 Å². The maximum absolute atomic E-state index is 12.5. The zero-order valence-electron chi connectivity index (χ0n) is 10.6. The lowest BCUT2D eigenvalue weighted by atomic mass is 9.89. The van der Waals surface area contributed by atoms with Gasteiger partial charge in [-0.1, -0.05) is 43.2 Å². The predicted molar refractivity (Wildman–Crippen MR) is 73.9 cm³/mol. The molecule has 1 aliphatic rings. The summed E-state index contributed by atoms with van der Waals surface area (Å²) in [5, 5.41) is -0.239. The fraction of sp³-hybridized carbons (Fsp3) is 0.571. The van der Waals surface area contributed by atoms with Crippen molar-refractivity contribution < 1.29 is 8.42 Å². The van der Waals surface area contributed by atoms with Gasteiger partial charge >= 0.3 is 0 Å². The van der Waals surface area contributed by atoms with Crippen molar-refractivity contribution in [3.63, 3.8) is 0 Å². The molecule has 1 fully saturated rings. The maximum Gasteiger partial charge on any atom is 0.157 e. The summed E-state index contributed by atoms with van der Waals surface area (Å²) in [7, 11) is -3.08. The smallest absolute Gasteiger partial charge is 0.157 e. The second-order valence-electron chi connectivity index (χ2n) is 5.11. The number of nitrogens with two attached hydrogens (primary N) is 1. The van der Waals surface area contributed by atoms with E-state index < -0.39 is 9.84 Å². The summed E-state index contributed by atoms with van der Waals surface area (Å²) in [5.74, 6) is 0.294. The number of rotatable bonds is 4. The minimum absolute atomic E-state index is 0.146. The molecule has 0 heterocycles. The number of sulfone groups is 1. The van der Waals surface area contributed by atoms with E-state index in [1.165, 1.54) is 0 Å². The average molecular weight is 267 g/mol. The third kappa shape index (κ3) is 3.12. The van der Waals surface area contributed by atoms with E-state index in [9.17, 15) is 8.42 Å². The molecule has 1 saturated carbocycles. The molecular weight excluding hydrogens is 246 g/mol. The van der Waals surface area contributed by atoms with Gasteiger partial charge in [-0.25, -0.2) is 8.42 Å². The molecule has 0 saturated heterocycles. The maximum atomic E-state index is 12.5. The highest BCUT2D eigenvalue weighted by Crippen LogP contribution is 2.30. The number of benzene rings is 1. The minimum atomic E-state index is -3.08. The van der Waals surface area contributed by atoms with Crippen molar-refractivity contribution in [2.45, 2.75) is 36.7 Å². The SMILES string of the molecule is NCC1CCCCC1S(=O)(=O)Cc1ccccc1. The van der Waals surface area contributed by atoms with Crippen LogP contribution >= 0.6 is 0 Å². The molecule has 0 radical (unpaired) electrons. The van der Waals surface area contributed by atoms with Gasteiger partial charge in [0.25, 0.3) is 0 Å². The Morgan fingerprint density at radius 3 is 2.44 bits per heavy atom. The Labute approximate surface area is 109 Å². The highest BCUT2D eigenvalue weighted by Gasteiger charge is 2.34. The summed E-state index contributed by atoms with van der Waals surface area (Å²) in [6.07, 6.45) is 3.85. The first kappa shape index (κ1) is 13.6. The van der Waals surface area contributed by atoms with E-state index in [4.69, 9.17) is 5.73 Å². The van der Waals surface area contributed by atoms with E-state index in [-0.39, 0.29) is 16.9 Å². The monoisotopic (exact) mass is 267 g/mol. The van der Waals surface area contributed by atoms with Crippen LogP contribution in [0.4, 0.5) is 0 Å². The van der Waals surface area contributed by atoms with Crippen molar-refractivity contribution in [3.05, 3.63) is 35.9 Å². The van der Waals surface area contributed by atoms with Crippen molar-refractivity contribution >= 4 is 9.84 Å². The molecule has 2 atom stereocenters. The minimum Gasteiger partial charge on any atom is -0.330 e. The Bertz CT molecular complexity index is 470. The normalized spacial score (nSPS) is 24.9. The summed E-state index contributed by atoms with van der Waals surface area (Å²) in [5.41, 5.74) is 6.59. The van der Waals surface area contributed by atoms with Gasteiger partial charge in [0.1, 0.15) is 0 Å². The molecule has 4 heteroatoms. The zero-order valence-corrected chi connectivity index (χ0v) is 11.4. The molecule has 0 amide bonds. The molecule has 2 unspecified atom stereocenters. The largest absolute Gasteiger partial charge is 0.330 e. The van der Waals surface area contributed by atoms with Crippen LogP contribution in [-0.2, 0) is 15.6 Å². The number of hydrogen-bond acceptors (Lipinski definition) is 3. The molecule has 3 nitrogen and oxygen atoms in total. The van der Waals surface area contributed by atoms with Gasteiger partial charge in [0.05, 0.1) is 11.0 Å². The Hall–Kier alpha value is -0.870. The first-order valence-corrected chi connectivity index (χ1v) is 8.30. The molecule has 1 aromatic rings. The predicted octanol–water partition coefficient (Wildman–Crippen LogP) is 2.12. The average Bonchev–Trinajstić information content (AvgIpc) is 2.39. The Morgan fingerprint density at radius 2 is 1.78 bits per heavy atom. The zero-order chi connectivity index (χ0) is 13.0. The molecule has 1 aliphatic carbocycles. The first-order chi connectivity index (χ1) is 8.63. The fourth-order valence-electron chi connectivity index (χ4n) is 2.83. The van der Waals surface area contributed by atoms with Gasteiger partial charge < -0.3 is 5.73 Å². The molecule has 0 spiro atoms. The summed E-state index contributed by atoms with van der Waals surface area (Å²) in [6, 6.07) is 9.41. The molecule has 0 bridgehead atoms.